The third-order valence-electron chi connectivity index (χ3n) is 6.64. The van der Waals surface area contributed by atoms with Gasteiger partial charge in [-0.25, -0.2) is 0 Å². The summed E-state index contributed by atoms with van der Waals surface area (Å²) in [7, 11) is 1.72. The molecule has 0 spiro atoms. The number of nitrogens with zero attached hydrogens (tertiary/aromatic N) is 1. The van der Waals surface area contributed by atoms with Gasteiger partial charge in [-0.15, -0.1) is 0 Å². The Morgan fingerprint density at radius 2 is 1.41 bits per heavy atom. The summed E-state index contributed by atoms with van der Waals surface area (Å²) in [5.41, 5.74) is 5.85. The van der Waals surface area contributed by atoms with Gasteiger partial charge < -0.3 is 9.64 Å². The third-order valence-corrected chi connectivity index (χ3v) is 6.64. The number of rotatable bonds is 9. The van der Waals surface area contributed by atoms with Crippen LogP contribution in [0.5, 0.6) is 5.75 Å². The van der Waals surface area contributed by atoms with Crippen LogP contribution in [0.3, 0.4) is 0 Å². The first-order chi connectivity index (χ1) is 15.8. The van der Waals surface area contributed by atoms with Gasteiger partial charge >= 0.3 is 0 Å². The maximum absolute atomic E-state index is 5.25. The topological polar surface area (TPSA) is 12.5 Å². The minimum Gasteiger partial charge on any atom is -0.497 e. The number of hydrogen-bond donors (Lipinski definition) is 0. The summed E-state index contributed by atoms with van der Waals surface area (Å²) in [6, 6.07) is 30.4. The molecule has 3 aromatic carbocycles. The Morgan fingerprint density at radius 1 is 0.812 bits per heavy atom. The van der Waals surface area contributed by atoms with Gasteiger partial charge in [-0.1, -0.05) is 84.4 Å². The molecular weight excluding hydrogens is 390 g/mol. The molecule has 0 amide bonds. The Labute approximate surface area is 193 Å². The highest BCUT2D eigenvalue weighted by atomic mass is 16.5. The average molecular weight is 426 g/mol. The summed E-state index contributed by atoms with van der Waals surface area (Å²) in [4.78, 5) is 2.63. The molecule has 0 bridgehead atoms. The second-order valence-electron chi connectivity index (χ2n) is 8.77. The smallest absolute Gasteiger partial charge is 0.118 e. The quantitative estimate of drug-likeness (QED) is 0.347. The van der Waals surface area contributed by atoms with Crippen LogP contribution in [0.2, 0.25) is 0 Å². The molecule has 2 heteroatoms. The van der Waals surface area contributed by atoms with Gasteiger partial charge in [0.2, 0.25) is 0 Å². The lowest BCUT2D eigenvalue weighted by molar-refractivity contribution is 0.253. The zero-order valence-electron chi connectivity index (χ0n) is 19.2. The third kappa shape index (κ3) is 6.34. The van der Waals surface area contributed by atoms with E-state index < -0.39 is 0 Å². The fraction of sp³-hybridized carbons (Fsp3) is 0.333. The Kier molecular flexibility index (Phi) is 8.17. The van der Waals surface area contributed by atoms with Gasteiger partial charge in [0.15, 0.2) is 0 Å². The zero-order chi connectivity index (χ0) is 22.0. The normalized spacial score (nSPS) is 14.5. The Balaban J connectivity index is 1.27. The molecule has 0 aliphatic carbocycles. The van der Waals surface area contributed by atoms with Crippen LogP contribution in [0, 0.1) is 0 Å². The van der Waals surface area contributed by atoms with E-state index in [2.05, 4.69) is 95.9 Å². The van der Waals surface area contributed by atoms with E-state index in [1.165, 1.54) is 55.6 Å². The van der Waals surface area contributed by atoms with Crippen LogP contribution < -0.4 is 4.74 Å². The fourth-order valence-electron chi connectivity index (χ4n) is 4.69. The summed E-state index contributed by atoms with van der Waals surface area (Å²) in [5, 5.41) is 0. The molecule has 4 rings (SSSR count). The molecule has 1 fully saturated rings. The number of allylic oxidation sites excluding steroid dienone is 1. The second-order valence-corrected chi connectivity index (χ2v) is 8.77. The fourth-order valence-corrected chi connectivity index (χ4v) is 4.69. The first-order valence-corrected chi connectivity index (χ1v) is 11.9. The van der Waals surface area contributed by atoms with Gasteiger partial charge in [-0.2, -0.15) is 0 Å². The van der Waals surface area contributed by atoms with Crippen LogP contribution in [0.25, 0.3) is 0 Å². The second kappa shape index (κ2) is 11.7. The van der Waals surface area contributed by atoms with Crippen molar-refractivity contribution in [2.45, 2.75) is 38.0 Å². The summed E-state index contributed by atoms with van der Waals surface area (Å²) in [6.07, 6.45) is 8.38. The number of aryl methyl sites for hydroxylation is 1. The van der Waals surface area contributed by atoms with Crippen LogP contribution in [0.4, 0.5) is 0 Å². The predicted molar refractivity (Wildman–Crippen MR) is 134 cm³/mol. The standard InChI is InChI=1S/C30H35NO/c1-32-29-17-14-25(15-18-29)9-8-22-31-23-20-26(21-24-31)16-19-30(27-10-4-2-5-11-27)28-12-6-3-7-13-28/h2-7,10-18,30H,8-9,19-24H2,1H3. The molecule has 0 radical (unpaired) electrons. The van der Waals surface area contributed by atoms with Crippen molar-refractivity contribution in [3.8, 4) is 5.75 Å². The molecule has 0 unspecified atom stereocenters. The van der Waals surface area contributed by atoms with Crippen molar-refractivity contribution in [2.75, 3.05) is 26.7 Å². The predicted octanol–water partition coefficient (Wildman–Crippen LogP) is 6.87. The van der Waals surface area contributed by atoms with Gasteiger partial charge in [0.05, 0.1) is 7.11 Å². The first-order valence-electron chi connectivity index (χ1n) is 11.9. The van der Waals surface area contributed by atoms with Gasteiger partial charge in [0.25, 0.3) is 0 Å². The number of methoxy groups -OCH3 is 1. The van der Waals surface area contributed by atoms with E-state index in [1.807, 2.05) is 0 Å². The van der Waals surface area contributed by atoms with Crippen molar-refractivity contribution in [1.29, 1.82) is 0 Å². The lowest BCUT2D eigenvalue weighted by atomic mass is 9.87. The zero-order valence-corrected chi connectivity index (χ0v) is 19.2. The molecule has 1 heterocycles. The van der Waals surface area contributed by atoms with E-state index in [4.69, 9.17) is 4.74 Å². The highest BCUT2D eigenvalue weighted by Gasteiger charge is 2.16. The van der Waals surface area contributed by atoms with Crippen molar-refractivity contribution in [1.82, 2.24) is 4.90 Å². The minimum absolute atomic E-state index is 0.437. The van der Waals surface area contributed by atoms with Crippen LogP contribution >= 0.6 is 0 Å². The molecule has 1 aliphatic heterocycles. The molecule has 0 N–H and O–H groups in total. The van der Waals surface area contributed by atoms with Crippen molar-refractivity contribution in [3.63, 3.8) is 0 Å². The maximum Gasteiger partial charge on any atom is 0.118 e. The molecule has 0 aromatic heterocycles. The highest BCUT2D eigenvalue weighted by Crippen LogP contribution is 2.30. The number of piperidine rings is 1. The molecule has 1 aliphatic rings. The van der Waals surface area contributed by atoms with Gasteiger partial charge in [-0.3, -0.25) is 0 Å². The molecule has 166 valence electrons. The SMILES string of the molecule is COc1ccc(CCCN2CCC(=CCC(c3ccccc3)c3ccccc3)CC2)cc1. The molecule has 3 aromatic rings. The number of benzene rings is 3. The van der Waals surface area contributed by atoms with Gasteiger partial charge in [0, 0.05) is 19.0 Å². The van der Waals surface area contributed by atoms with Gasteiger partial charge in [0.1, 0.15) is 5.75 Å². The first kappa shape index (κ1) is 22.4. The van der Waals surface area contributed by atoms with E-state index in [-0.39, 0.29) is 0 Å². The molecule has 1 saturated heterocycles. The lowest BCUT2D eigenvalue weighted by Gasteiger charge is -2.28. The summed E-state index contributed by atoms with van der Waals surface area (Å²) < 4.78 is 5.25. The van der Waals surface area contributed by atoms with E-state index in [0.29, 0.717) is 5.92 Å². The number of ether oxygens (including phenoxy) is 1. The summed E-state index contributed by atoms with van der Waals surface area (Å²) >= 11 is 0. The summed E-state index contributed by atoms with van der Waals surface area (Å²) in [5.74, 6) is 1.37. The van der Waals surface area contributed by atoms with Gasteiger partial charge in [-0.05, 0) is 67.5 Å². The Hall–Kier alpha value is -2.84. The largest absolute Gasteiger partial charge is 0.497 e. The maximum atomic E-state index is 5.25. The molecule has 0 saturated carbocycles. The monoisotopic (exact) mass is 425 g/mol. The van der Waals surface area contributed by atoms with E-state index in [9.17, 15) is 0 Å². The van der Waals surface area contributed by atoms with Crippen LogP contribution in [0.1, 0.15) is 48.3 Å². The molecular formula is C30H35NO. The van der Waals surface area contributed by atoms with Crippen molar-refractivity contribution in [3.05, 3.63) is 113 Å². The molecule has 2 nitrogen and oxygen atoms in total. The summed E-state index contributed by atoms with van der Waals surface area (Å²) in [6.45, 7) is 3.57. The number of likely N-dealkylation sites (tertiary alicyclic amines) is 1. The van der Waals surface area contributed by atoms with Crippen molar-refractivity contribution < 1.29 is 4.74 Å². The lowest BCUT2D eigenvalue weighted by Crippen LogP contribution is -2.31. The van der Waals surface area contributed by atoms with E-state index >= 15 is 0 Å². The molecule has 0 atom stereocenters. The average Bonchev–Trinajstić information content (AvgIpc) is 2.87. The number of hydrogen-bond acceptors (Lipinski definition) is 2. The van der Waals surface area contributed by atoms with E-state index in [0.717, 1.165) is 18.6 Å². The van der Waals surface area contributed by atoms with Crippen molar-refractivity contribution in [2.24, 2.45) is 0 Å². The Bertz CT molecular complexity index is 913. The van der Waals surface area contributed by atoms with Crippen molar-refractivity contribution >= 4 is 0 Å². The van der Waals surface area contributed by atoms with Crippen LogP contribution in [-0.4, -0.2) is 31.6 Å². The van der Waals surface area contributed by atoms with Crippen LogP contribution in [0.15, 0.2) is 96.6 Å². The Morgan fingerprint density at radius 3 is 1.97 bits per heavy atom. The van der Waals surface area contributed by atoms with E-state index in [1.54, 1.807) is 12.7 Å². The molecule has 32 heavy (non-hydrogen) atoms. The minimum atomic E-state index is 0.437. The van der Waals surface area contributed by atoms with Crippen LogP contribution in [-0.2, 0) is 6.42 Å². The highest BCUT2D eigenvalue weighted by molar-refractivity contribution is 5.33.